The molecule has 0 aliphatic heterocycles. The van der Waals surface area contributed by atoms with Crippen LogP contribution in [0, 0.1) is 6.92 Å². The quantitative estimate of drug-likeness (QED) is 0.713. The van der Waals surface area contributed by atoms with E-state index < -0.39 is 0 Å². The van der Waals surface area contributed by atoms with E-state index in [1.54, 1.807) is 18.2 Å². The number of rotatable bonds is 3. The van der Waals surface area contributed by atoms with Gasteiger partial charge in [-0.1, -0.05) is 38.1 Å². The Morgan fingerprint density at radius 3 is 2.67 bits per heavy atom. The van der Waals surface area contributed by atoms with Gasteiger partial charge in [0, 0.05) is 0 Å². The van der Waals surface area contributed by atoms with Gasteiger partial charge in [-0.15, -0.1) is 0 Å². The molecule has 0 radical (unpaired) electrons. The molecule has 2 aromatic rings. The lowest BCUT2D eigenvalue weighted by Gasteiger charge is -2.01. The summed E-state index contributed by atoms with van der Waals surface area (Å²) in [5, 5.41) is 9.49. The van der Waals surface area contributed by atoms with Gasteiger partial charge in [0.2, 0.25) is 0 Å². The number of allylic oxidation sites excluding steroid dienone is 6. The number of hydrogen-bond acceptors (Lipinski definition) is 5. The summed E-state index contributed by atoms with van der Waals surface area (Å²) in [5.74, 6) is 0.561. The van der Waals surface area contributed by atoms with Crippen LogP contribution in [0.2, 0.25) is 0 Å². The normalized spacial score (nSPS) is 13.3. The van der Waals surface area contributed by atoms with Crippen LogP contribution in [0.15, 0.2) is 76.5 Å². The number of oxazole rings is 1. The van der Waals surface area contributed by atoms with Gasteiger partial charge in [-0.3, -0.25) is 4.79 Å². The number of aryl methyl sites for hydroxylation is 1. The Morgan fingerprint density at radius 2 is 2.04 bits per heavy atom. The van der Waals surface area contributed by atoms with Gasteiger partial charge in [0.1, 0.15) is 5.52 Å². The number of hydrogen-bond donors (Lipinski definition) is 1. The largest absolute Gasteiger partial charge is 0.504 e. The highest BCUT2D eigenvalue weighted by atomic mass is 16.5. The zero-order valence-electron chi connectivity index (χ0n) is 16.5. The van der Waals surface area contributed by atoms with Gasteiger partial charge in [0.05, 0.1) is 7.11 Å². The number of ether oxygens (including phenoxy) is 1. The number of ketones is 1. The Labute approximate surface area is 160 Å². The monoisotopic (exact) mass is 369 g/mol. The van der Waals surface area contributed by atoms with E-state index in [1.807, 2.05) is 45.0 Å². The molecule has 0 saturated carbocycles. The van der Waals surface area contributed by atoms with Gasteiger partial charge in [0.25, 0.3) is 0 Å². The molecule has 1 aliphatic rings. The maximum atomic E-state index is 10.7. The number of benzene rings is 1. The van der Waals surface area contributed by atoms with Crippen molar-refractivity contribution in [3.8, 4) is 0 Å². The van der Waals surface area contributed by atoms with Gasteiger partial charge in [0.15, 0.2) is 29.3 Å². The summed E-state index contributed by atoms with van der Waals surface area (Å²) in [6, 6.07) is 5.89. The van der Waals surface area contributed by atoms with Crippen molar-refractivity contribution in [3.05, 3.63) is 77.6 Å². The third-order valence-corrected chi connectivity index (χ3v) is 3.55. The number of carbonyl (C=O) groups excluding carboxylic acids is 1. The summed E-state index contributed by atoms with van der Waals surface area (Å²) in [7, 11) is 1.50. The highest BCUT2D eigenvalue weighted by Gasteiger charge is 2.05. The molecular formula is C22H27NO4. The lowest BCUT2D eigenvalue weighted by atomic mass is 10.1. The van der Waals surface area contributed by atoms with E-state index in [0.717, 1.165) is 22.2 Å². The van der Waals surface area contributed by atoms with Gasteiger partial charge < -0.3 is 14.3 Å². The Bertz CT molecular complexity index is 869. The van der Waals surface area contributed by atoms with Crippen LogP contribution in [0.25, 0.3) is 11.1 Å². The second kappa shape index (κ2) is 11.5. The fourth-order valence-electron chi connectivity index (χ4n) is 2.20. The molecule has 5 heteroatoms. The summed E-state index contributed by atoms with van der Waals surface area (Å²) >= 11 is 0. The number of methoxy groups -OCH3 is 1. The van der Waals surface area contributed by atoms with Crippen molar-refractivity contribution in [1.29, 1.82) is 0 Å². The third-order valence-electron chi connectivity index (χ3n) is 3.55. The second-order valence-electron chi connectivity index (χ2n) is 5.49. The number of aliphatic hydroxyl groups is 1. The van der Waals surface area contributed by atoms with Crippen LogP contribution in [0.4, 0.5) is 0 Å². The van der Waals surface area contributed by atoms with E-state index in [4.69, 9.17) is 9.15 Å². The van der Waals surface area contributed by atoms with E-state index in [0.29, 0.717) is 12.2 Å². The first-order chi connectivity index (χ1) is 13.0. The van der Waals surface area contributed by atoms with Crippen LogP contribution in [0.3, 0.4) is 0 Å². The summed E-state index contributed by atoms with van der Waals surface area (Å²) in [6.45, 7) is 7.52. The summed E-state index contributed by atoms with van der Waals surface area (Å²) < 4.78 is 10.1. The Kier molecular flexibility index (Phi) is 9.37. The van der Waals surface area contributed by atoms with E-state index in [1.165, 1.54) is 26.5 Å². The molecule has 0 atom stereocenters. The van der Waals surface area contributed by atoms with Crippen molar-refractivity contribution in [2.45, 2.75) is 34.1 Å². The van der Waals surface area contributed by atoms with E-state index in [2.05, 4.69) is 4.98 Å². The van der Waals surface area contributed by atoms with Crippen LogP contribution in [0.1, 0.15) is 32.8 Å². The van der Waals surface area contributed by atoms with E-state index in [-0.39, 0.29) is 11.5 Å². The molecule has 5 nitrogen and oxygen atoms in total. The van der Waals surface area contributed by atoms with Crippen LogP contribution >= 0.6 is 0 Å². The smallest absolute Gasteiger partial charge is 0.181 e. The number of carbonyl (C=O) groups is 1. The first kappa shape index (κ1) is 22.0. The summed E-state index contributed by atoms with van der Waals surface area (Å²) in [4.78, 5) is 14.8. The standard InChI is InChI=1S/C12H14O3.C8H7NO.C2H6/c1-9(13)3-4-10-5-7-11(14)12(15-2)8-6-10;1-6-3-2-4-7-8(6)9-5-10-7;1-2/h3-4,6-8,14H,5H2,1-2H3;2-5H,1H3;1-2H3/b4-3+;;. The van der Waals surface area contributed by atoms with Crippen LogP contribution in [0.5, 0.6) is 0 Å². The molecule has 3 rings (SSSR count). The maximum Gasteiger partial charge on any atom is 0.181 e. The molecule has 0 unspecified atom stereocenters. The molecule has 0 spiro atoms. The minimum absolute atomic E-state index is 0.00398. The lowest BCUT2D eigenvalue weighted by molar-refractivity contribution is -0.112. The molecule has 144 valence electrons. The summed E-state index contributed by atoms with van der Waals surface area (Å²) in [5.41, 5.74) is 3.93. The molecule has 1 aliphatic carbocycles. The van der Waals surface area contributed by atoms with E-state index in [9.17, 15) is 9.90 Å². The number of para-hydroxylation sites is 1. The van der Waals surface area contributed by atoms with Crippen LogP contribution < -0.4 is 0 Å². The van der Waals surface area contributed by atoms with Crippen molar-refractivity contribution in [3.63, 3.8) is 0 Å². The average molecular weight is 369 g/mol. The minimum atomic E-state index is 0.00398. The average Bonchev–Trinajstić information content (AvgIpc) is 3.08. The van der Waals surface area contributed by atoms with Crippen LogP contribution in [-0.2, 0) is 9.53 Å². The highest BCUT2D eigenvalue weighted by Crippen LogP contribution is 2.17. The van der Waals surface area contributed by atoms with Gasteiger partial charge >= 0.3 is 0 Å². The molecule has 1 heterocycles. The Morgan fingerprint density at radius 1 is 1.30 bits per heavy atom. The van der Waals surface area contributed by atoms with Crippen molar-refractivity contribution in [1.82, 2.24) is 4.98 Å². The molecule has 27 heavy (non-hydrogen) atoms. The molecule has 0 amide bonds. The lowest BCUT2D eigenvalue weighted by Crippen LogP contribution is -1.89. The zero-order valence-corrected chi connectivity index (χ0v) is 16.5. The first-order valence-corrected chi connectivity index (χ1v) is 8.83. The first-order valence-electron chi connectivity index (χ1n) is 8.83. The molecule has 1 aromatic carbocycles. The summed E-state index contributed by atoms with van der Waals surface area (Å²) in [6.07, 6.45) is 10.4. The molecule has 1 N–H and O–H groups in total. The van der Waals surface area contributed by atoms with Crippen molar-refractivity contribution in [2.24, 2.45) is 0 Å². The fraction of sp³-hybridized carbons (Fsp3) is 0.273. The van der Waals surface area contributed by atoms with E-state index >= 15 is 0 Å². The number of nitrogens with zero attached hydrogens (tertiary/aromatic N) is 1. The molecule has 0 bridgehead atoms. The molecular weight excluding hydrogens is 342 g/mol. The number of aliphatic hydroxyl groups excluding tert-OH is 1. The molecule has 1 aromatic heterocycles. The maximum absolute atomic E-state index is 10.7. The Balaban J connectivity index is 0.000000262. The van der Waals surface area contributed by atoms with Gasteiger partial charge in [-0.2, -0.15) is 0 Å². The second-order valence-corrected chi connectivity index (χ2v) is 5.49. The molecule has 0 fully saturated rings. The van der Waals surface area contributed by atoms with Gasteiger partial charge in [-0.25, -0.2) is 4.98 Å². The third kappa shape index (κ3) is 6.98. The minimum Gasteiger partial charge on any atom is -0.504 e. The Hall–Kier alpha value is -3.08. The zero-order chi connectivity index (χ0) is 20.2. The highest BCUT2D eigenvalue weighted by molar-refractivity contribution is 5.87. The van der Waals surface area contributed by atoms with Crippen molar-refractivity contribution in [2.75, 3.05) is 7.11 Å². The SMILES string of the molecule is CC.COC1=CC=C(/C=C/C(C)=O)CC=C1O.Cc1cccc2ocnc12. The predicted molar refractivity (Wildman–Crippen MR) is 108 cm³/mol. The van der Waals surface area contributed by atoms with Gasteiger partial charge in [-0.05, 0) is 55.7 Å². The number of aromatic nitrogens is 1. The van der Waals surface area contributed by atoms with Crippen LogP contribution in [-0.4, -0.2) is 23.0 Å². The van der Waals surface area contributed by atoms with Crippen molar-refractivity contribution >= 4 is 16.9 Å². The topological polar surface area (TPSA) is 72.6 Å². The molecule has 0 saturated heterocycles. The number of fused-ring (bicyclic) bond motifs is 1. The predicted octanol–water partition coefficient (Wildman–Crippen LogP) is 5.60. The van der Waals surface area contributed by atoms with Crippen molar-refractivity contribution < 1.29 is 19.1 Å². The fourth-order valence-corrected chi connectivity index (χ4v) is 2.20.